The monoisotopic (exact) mass is 432 g/mol. The van der Waals surface area contributed by atoms with Gasteiger partial charge in [0.25, 0.3) is 0 Å². The van der Waals surface area contributed by atoms with Crippen molar-refractivity contribution in [2.45, 2.75) is 49.7 Å². The van der Waals surface area contributed by atoms with Crippen molar-refractivity contribution in [3.63, 3.8) is 0 Å². The number of para-hydroxylation sites is 1. The summed E-state index contributed by atoms with van der Waals surface area (Å²) in [5.41, 5.74) is 1.90. The zero-order valence-corrected chi connectivity index (χ0v) is 17.0. The van der Waals surface area contributed by atoms with E-state index in [-0.39, 0.29) is 6.10 Å². The highest BCUT2D eigenvalue weighted by atomic mass is 16.7. The highest BCUT2D eigenvalue weighted by Crippen LogP contribution is 2.28. The molecule has 2 aliphatic rings. The number of rotatable bonds is 7. The van der Waals surface area contributed by atoms with Crippen LogP contribution in [0.5, 0.6) is 11.5 Å². The Bertz CT molecular complexity index is 834. The first kappa shape index (κ1) is 22.0. The second kappa shape index (κ2) is 9.95. The van der Waals surface area contributed by atoms with Gasteiger partial charge in [-0.05, 0) is 29.3 Å². The second-order valence-corrected chi connectivity index (χ2v) is 7.85. The predicted octanol–water partition coefficient (Wildman–Crippen LogP) is 0.624. The Hall–Kier alpha value is -2.20. The number of hydrogen-bond acceptors (Lipinski definition) is 8. The molecule has 0 saturated carbocycles. The number of aliphatic hydroxyl groups is 4. The van der Waals surface area contributed by atoms with Crippen LogP contribution in [0.3, 0.4) is 0 Å². The normalized spacial score (nSPS) is 30.8. The van der Waals surface area contributed by atoms with E-state index in [1.54, 1.807) is 12.1 Å². The maximum atomic E-state index is 10.2. The number of aliphatic hydroxyl groups excluding tert-OH is 4. The molecule has 4 rings (SSSR count). The topological polar surface area (TPSA) is 118 Å². The molecule has 31 heavy (non-hydrogen) atoms. The molecule has 0 radical (unpaired) electrons. The molecule has 0 aliphatic carbocycles. The Morgan fingerprint density at radius 3 is 2.39 bits per heavy atom. The van der Waals surface area contributed by atoms with Gasteiger partial charge in [0.15, 0.2) is 0 Å². The fourth-order valence-electron chi connectivity index (χ4n) is 3.76. The van der Waals surface area contributed by atoms with Crippen LogP contribution in [0.15, 0.2) is 48.5 Å². The predicted molar refractivity (Wildman–Crippen MR) is 110 cm³/mol. The number of benzene rings is 2. The molecule has 2 fully saturated rings. The highest BCUT2D eigenvalue weighted by molar-refractivity contribution is 5.39. The first-order chi connectivity index (χ1) is 15.0. The van der Waals surface area contributed by atoms with Gasteiger partial charge in [-0.3, -0.25) is 0 Å². The average molecular weight is 432 g/mol. The fourth-order valence-corrected chi connectivity index (χ4v) is 3.76. The van der Waals surface area contributed by atoms with Crippen molar-refractivity contribution >= 4 is 0 Å². The van der Waals surface area contributed by atoms with Gasteiger partial charge in [-0.1, -0.05) is 30.3 Å². The lowest BCUT2D eigenvalue weighted by Crippen LogP contribution is -2.60. The van der Waals surface area contributed by atoms with E-state index in [0.717, 1.165) is 29.9 Å². The number of ether oxygens (including phenoxy) is 4. The quantitative estimate of drug-likeness (QED) is 0.503. The van der Waals surface area contributed by atoms with Gasteiger partial charge in [-0.2, -0.15) is 0 Å². The molecule has 0 bridgehead atoms. The molecular weight excluding hydrogens is 404 g/mol. The van der Waals surface area contributed by atoms with Gasteiger partial charge >= 0.3 is 0 Å². The summed E-state index contributed by atoms with van der Waals surface area (Å²) in [7, 11) is 0. The van der Waals surface area contributed by atoms with Gasteiger partial charge in [-0.25, -0.2) is 0 Å². The van der Waals surface area contributed by atoms with Crippen LogP contribution >= 0.6 is 0 Å². The van der Waals surface area contributed by atoms with Gasteiger partial charge in [0.2, 0.25) is 6.29 Å². The summed E-state index contributed by atoms with van der Waals surface area (Å²) in [5.74, 6) is 1.28. The van der Waals surface area contributed by atoms with E-state index in [1.165, 1.54) is 0 Å². The molecule has 2 heterocycles. The zero-order valence-electron chi connectivity index (χ0n) is 17.0. The van der Waals surface area contributed by atoms with E-state index in [4.69, 9.17) is 18.9 Å². The van der Waals surface area contributed by atoms with Crippen molar-refractivity contribution in [2.24, 2.45) is 0 Å². The van der Waals surface area contributed by atoms with E-state index in [9.17, 15) is 20.4 Å². The molecule has 2 saturated heterocycles. The van der Waals surface area contributed by atoms with E-state index >= 15 is 0 Å². The van der Waals surface area contributed by atoms with Crippen molar-refractivity contribution in [1.29, 1.82) is 0 Å². The molecule has 2 aromatic carbocycles. The molecule has 0 aromatic heterocycles. The number of hydrogen-bond donors (Lipinski definition) is 4. The third-order valence-corrected chi connectivity index (χ3v) is 5.57. The van der Waals surface area contributed by atoms with Crippen molar-refractivity contribution in [3.05, 3.63) is 59.7 Å². The van der Waals surface area contributed by atoms with Crippen LogP contribution in [0.1, 0.15) is 17.5 Å². The van der Waals surface area contributed by atoms with Crippen LogP contribution in [-0.2, 0) is 15.9 Å². The van der Waals surface area contributed by atoms with E-state index in [1.807, 2.05) is 36.4 Å². The minimum atomic E-state index is -1.49. The van der Waals surface area contributed by atoms with Crippen molar-refractivity contribution in [2.75, 3.05) is 19.8 Å². The first-order valence-corrected chi connectivity index (χ1v) is 10.4. The van der Waals surface area contributed by atoms with Gasteiger partial charge in [0, 0.05) is 12.8 Å². The molecular formula is C23H28O8. The van der Waals surface area contributed by atoms with E-state index < -0.39 is 37.3 Å². The smallest absolute Gasteiger partial charge is 0.229 e. The standard InChI is InChI=1S/C23H28O8/c24-12-19-20(25)21(26)22(27)23(31-19)30-18-4-2-1-3-15(18)11-14-5-7-16(8-6-14)29-17-9-10-28-13-17/h1-8,17,19-27H,9-13H2/t17-,19+,20+,21-,22+,23+/m0/s1. The Kier molecular flexibility index (Phi) is 7.06. The lowest BCUT2D eigenvalue weighted by Gasteiger charge is -2.39. The van der Waals surface area contributed by atoms with Crippen LogP contribution in [-0.4, -0.2) is 77.1 Å². The fraction of sp³-hybridized carbons (Fsp3) is 0.478. The summed E-state index contributed by atoms with van der Waals surface area (Å²) in [6, 6.07) is 15.1. The molecule has 4 N–H and O–H groups in total. The Labute approximate surface area is 180 Å². The second-order valence-electron chi connectivity index (χ2n) is 7.85. The highest BCUT2D eigenvalue weighted by Gasteiger charge is 2.44. The lowest BCUT2D eigenvalue weighted by atomic mass is 9.99. The van der Waals surface area contributed by atoms with Crippen LogP contribution in [0, 0.1) is 0 Å². The van der Waals surface area contributed by atoms with Gasteiger partial charge in [0.1, 0.15) is 42.0 Å². The van der Waals surface area contributed by atoms with Gasteiger partial charge in [0.05, 0.1) is 19.8 Å². The molecule has 2 aliphatic heterocycles. The van der Waals surface area contributed by atoms with Crippen LogP contribution in [0.4, 0.5) is 0 Å². The minimum Gasteiger partial charge on any atom is -0.488 e. The summed E-state index contributed by atoms with van der Waals surface area (Å²) >= 11 is 0. The summed E-state index contributed by atoms with van der Waals surface area (Å²) in [4.78, 5) is 0. The van der Waals surface area contributed by atoms with Gasteiger partial charge in [-0.15, -0.1) is 0 Å². The van der Waals surface area contributed by atoms with Crippen LogP contribution in [0.2, 0.25) is 0 Å². The van der Waals surface area contributed by atoms with E-state index in [2.05, 4.69) is 0 Å². The Balaban J connectivity index is 1.43. The van der Waals surface area contributed by atoms with Crippen molar-refractivity contribution in [1.82, 2.24) is 0 Å². The van der Waals surface area contributed by atoms with Gasteiger partial charge < -0.3 is 39.4 Å². The molecule has 0 amide bonds. The molecule has 8 nitrogen and oxygen atoms in total. The molecule has 8 heteroatoms. The summed E-state index contributed by atoms with van der Waals surface area (Å²) < 4.78 is 22.5. The molecule has 0 unspecified atom stereocenters. The summed E-state index contributed by atoms with van der Waals surface area (Å²) in [6.45, 7) is 0.840. The molecule has 6 atom stereocenters. The minimum absolute atomic E-state index is 0.0958. The third kappa shape index (κ3) is 5.17. The van der Waals surface area contributed by atoms with E-state index in [0.29, 0.717) is 18.8 Å². The third-order valence-electron chi connectivity index (χ3n) is 5.57. The first-order valence-electron chi connectivity index (χ1n) is 10.4. The van der Waals surface area contributed by atoms with Crippen molar-refractivity contribution in [3.8, 4) is 11.5 Å². The molecule has 2 aromatic rings. The summed E-state index contributed by atoms with van der Waals surface area (Å²) in [6.07, 6.45) is -5.05. The average Bonchev–Trinajstić information content (AvgIpc) is 3.30. The Morgan fingerprint density at radius 1 is 0.903 bits per heavy atom. The van der Waals surface area contributed by atoms with Crippen LogP contribution < -0.4 is 9.47 Å². The molecule has 0 spiro atoms. The van der Waals surface area contributed by atoms with Crippen molar-refractivity contribution < 1.29 is 39.4 Å². The maximum absolute atomic E-state index is 10.2. The lowest BCUT2D eigenvalue weighted by molar-refractivity contribution is -0.277. The summed E-state index contributed by atoms with van der Waals surface area (Å²) in [5, 5.41) is 39.5. The zero-order chi connectivity index (χ0) is 21.8. The maximum Gasteiger partial charge on any atom is 0.229 e. The molecule has 168 valence electrons. The SMILES string of the molecule is OC[C@H]1O[C@@H](Oc2ccccc2Cc2ccc(O[C@H]3CCOC3)cc2)[C@H](O)[C@@H](O)[C@@H]1O. The van der Waals surface area contributed by atoms with Crippen LogP contribution in [0.25, 0.3) is 0 Å². The largest absolute Gasteiger partial charge is 0.488 e. The Morgan fingerprint density at radius 2 is 1.68 bits per heavy atom.